The van der Waals surface area contributed by atoms with Crippen molar-refractivity contribution in [1.29, 1.82) is 0 Å². The van der Waals surface area contributed by atoms with Crippen molar-refractivity contribution in [2.24, 2.45) is 5.73 Å². The summed E-state index contributed by atoms with van der Waals surface area (Å²) in [6.45, 7) is 11.6. The van der Waals surface area contributed by atoms with Crippen LogP contribution in [-0.2, 0) is 0 Å². The maximum Gasteiger partial charge on any atom is 0.0399 e. The average Bonchev–Trinajstić information content (AvgIpc) is 2.40. The maximum atomic E-state index is 5.25. The van der Waals surface area contributed by atoms with Crippen LogP contribution in [-0.4, -0.2) is 11.9 Å². The second-order valence-electron chi connectivity index (χ2n) is 4.06. The molecule has 102 valence electrons. The van der Waals surface area contributed by atoms with Gasteiger partial charge in [-0.25, -0.2) is 0 Å². The first kappa shape index (κ1) is 16.8. The van der Waals surface area contributed by atoms with E-state index >= 15 is 0 Å². The Bertz CT molecular complexity index is 446. The van der Waals surface area contributed by atoms with E-state index in [9.17, 15) is 0 Å². The summed E-state index contributed by atoms with van der Waals surface area (Å²) in [5.41, 5.74) is 8.55. The van der Waals surface area contributed by atoms with Crippen LogP contribution in [0.3, 0.4) is 0 Å². The molecule has 0 rings (SSSR count). The lowest BCUT2D eigenvalue weighted by Gasteiger charge is -2.21. The van der Waals surface area contributed by atoms with Gasteiger partial charge in [0.1, 0.15) is 0 Å². The van der Waals surface area contributed by atoms with Crippen LogP contribution in [0.4, 0.5) is 0 Å². The highest BCUT2D eigenvalue weighted by atomic mass is 15.1. The average molecular weight is 256 g/mol. The SMILES string of the molecule is C=C/C=C(\C=C)N(C)/C(C)=C/C(C)=C/C=C\C=C\N. The van der Waals surface area contributed by atoms with Crippen LogP contribution < -0.4 is 5.73 Å². The van der Waals surface area contributed by atoms with Gasteiger partial charge in [0, 0.05) is 18.4 Å². The predicted molar refractivity (Wildman–Crippen MR) is 86.2 cm³/mol. The molecule has 19 heavy (non-hydrogen) atoms. The standard InChI is InChI=1S/C17H24N2/c1-6-11-17(7-2)19(5)16(4)14-15(3)12-9-8-10-13-18/h6-14H,1-2,18H2,3-5H3/b9-8-,13-10+,15-12+,16-14+,17-11+. The molecule has 0 amide bonds. The molecule has 0 bridgehead atoms. The molecule has 0 aliphatic carbocycles. The molecule has 0 unspecified atom stereocenters. The second kappa shape index (κ2) is 9.77. The summed E-state index contributed by atoms with van der Waals surface area (Å²) in [5, 5.41) is 0. The molecule has 0 heterocycles. The minimum absolute atomic E-state index is 1.01. The fourth-order valence-electron chi connectivity index (χ4n) is 1.45. The van der Waals surface area contributed by atoms with Crippen LogP contribution in [0.2, 0.25) is 0 Å². The van der Waals surface area contributed by atoms with E-state index in [4.69, 9.17) is 5.73 Å². The van der Waals surface area contributed by atoms with Crippen LogP contribution in [0.25, 0.3) is 0 Å². The van der Waals surface area contributed by atoms with Crippen molar-refractivity contribution >= 4 is 0 Å². The summed E-state index contributed by atoms with van der Waals surface area (Å²) in [4.78, 5) is 2.06. The van der Waals surface area contributed by atoms with E-state index < -0.39 is 0 Å². The van der Waals surface area contributed by atoms with Gasteiger partial charge in [-0.15, -0.1) is 0 Å². The monoisotopic (exact) mass is 256 g/mol. The third-order valence-electron chi connectivity index (χ3n) is 2.54. The molecule has 0 radical (unpaired) electrons. The highest BCUT2D eigenvalue weighted by molar-refractivity contribution is 5.29. The lowest BCUT2D eigenvalue weighted by molar-refractivity contribution is 0.537. The van der Waals surface area contributed by atoms with Crippen LogP contribution in [0.1, 0.15) is 13.8 Å². The third-order valence-corrected chi connectivity index (χ3v) is 2.54. The Labute approximate surface area is 117 Å². The first-order valence-corrected chi connectivity index (χ1v) is 6.15. The molecule has 0 saturated carbocycles. The largest absolute Gasteiger partial charge is 0.405 e. The molecule has 2 heteroatoms. The molecular weight excluding hydrogens is 232 g/mol. The van der Waals surface area contributed by atoms with Gasteiger partial charge in [0.25, 0.3) is 0 Å². The van der Waals surface area contributed by atoms with E-state index in [1.54, 1.807) is 12.2 Å². The van der Waals surface area contributed by atoms with Crippen molar-refractivity contribution in [3.8, 4) is 0 Å². The van der Waals surface area contributed by atoms with Crippen LogP contribution in [0.15, 0.2) is 84.9 Å². The Morgan fingerprint density at radius 1 is 1.05 bits per heavy atom. The second-order valence-corrected chi connectivity index (χ2v) is 4.06. The normalized spacial score (nSPS) is 14.2. The Morgan fingerprint density at radius 2 is 1.74 bits per heavy atom. The smallest absolute Gasteiger partial charge is 0.0399 e. The zero-order valence-corrected chi connectivity index (χ0v) is 12.1. The van der Waals surface area contributed by atoms with Crippen LogP contribution in [0, 0.1) is 0 Å². The molecule has 0 aliphatic heterocycles. The Balaban J connectivity index is 4.93. The minimum atomic E-state index is 1.01. The topological polar surface area (TPSA) is 29.3 Å². The lowest BCUT2D eigenvalue weighted by Crippen LogP contribution is -2.13. The molecule has 0 fully saturated rings. The molecule has 0 atom stereocenters. The van der Waals surface area contributed by atoms with Crippen molar-refractivity contribution in [2.75, 3.05) is 7.05 Å². The molecule has 0 spiro atoms. The van der Waals surface area contributed by atoms with Gasteiger partial charge < -0.3 is 10.6 Å². The van der Waals surface area contributed by atoms with E-state index in [0.29, 0.717) is 0 Å². The predicted octanol–water partition coefficient (Wildman–Crippen LogP) is 4.05. The number of rotatable bonds is 7. The number of hydrogen-bond donors (Lipinski definition) is 1. The zero-order chi connectivity index (χ0) is 14.7. The highest BCUT2D eigenvalue weighted by Gasteiger charge is 2.01. The first-order chi connectivity index (χ1) is 9.06. The molecule has 0 saturated heterocycles. The quantitative estimate of drug-likeness (QED) is 0.696. The van der Waals surface area contributed by atoms with E-state index in [1.165, 1.54) is 6.20 Å². The van der Waals surface area contributed by atoms with Gasteiger partial charge in [0.05, 0.1) is 0 Å². The maximum absolute atomic E-state index is 5.25. The number of nitrogens with zero attached hydrogens (tertiary/aromatic N) is 1. The van der Waals surface area contributed by atoms with Crippen molar-refractivity contribution < 1.29 is 0 Å². The van der Waals surface area contributed by atoms with Crippen LogP contribution in [0.5, 0.6) is 0 Å². The molecule has 0 aromatic carbocycles. The summed E-state index contributed by atoms with van der Waals surface area (Å²) in [7, 11) is 2.00. The fraction of sp³-hybridized carbons (Fsp3) is 0.176. The lowest BCUT2D eigenvalue weighted by atomic mass is 10.2. The van der Waals surface area contributed by atoms with Gasteiger partial charge in [-0.05, 0) is 49.9 Å². The number of likely N-dealkylation sites (N-methyl/N-ethyl adjacent to an activating group) is 1. The van der Waals surface area contributed by atoms with Crippen molar-refractivity contribution in [2.45, 2.75) is 13.8 Å². The van der Waals surface area contributed by atoms with E-state index in [2.05, 4.69) is 38.0 Å². The molecular formula is C17H24N2. The van der Waals surface area contributed by atoms with Crippen molar-refractivity contribution in [1.82, 2.24) is 4.90 Å². The van der Waals surface area contributed by atoms with Gasteiger partial charge in [-0.3, -0.25) is 0 Å². The van der Waals surface area contributed by atoms with E-state index in [-0.39, 0.29) is 0 Å². The van der Waals surface area contributed by atoms with Crippen LogP contribution >= 0.6 is 0 Å². The fourth-order valence-corrected chi connectivity index (χ4v) is 1.45. The summed E-state index contributed by atoms with van der Waals surface area (Å²) in [5.74, 6) is 0. The van der Waals surface area contributed by atoms with Crippen molar-refractivity contribution in [3.63, 3.8) is 0 Å². The number of nitrogens with two attached hydrogens (primary N) is 1. The Morgan fingerprint density at radius 3 is 2.26 bits per heavy atom. The minimum Gasteiger partial charge on any atom is -0.405 e. The molecule has 0 aliphatic rings. The zero-order valence-electron chi connectivity index (χ0n) is 12.1. The Kier molecular flexibility index (Phi) is 8.63. The summed E-state index contributed by atoms with van der Waals surface area (Å²) in [6.07, 6.45) is 16.8. The van der Waals surface area contributed by atoms with Gasteiger partial charge in [0.15, 0.2) is 0 Å². The van der Waals surface area contributed by atoms with E-state index in [1.807, 2.05) is 37.4 Å². The Hall–Kier alpha value is -2.22. The van der Waals surface area contributed by atoms with Crippen molar-refractivity contribution in [3.05, 3.63) is 84.9 Å². The molecule has 0 aromatic heterocycles. The molecule has 2 nitrogen and oxygen atoms in total. The summed E-state index contributed by atoms with van der Waals surface area (Å²) in [6, 6.07) is 0. The third kappa shape index (κ3) is 6.94. The molecule has 0 aromatic rings. The van der Waals surface area contributed by atoms with Gasteiger partial charge in [-0.2, -0.15) is 0 Å². The summed E-state index contributed by atoms with van der Waals surface area (Å²) >= 11 is 0. The number of hydrogen-bond acceptors (Lipinski definition) is 2. The summed E-state index contributed by atoms with van der Waals surface area (Å²) < 4.78 is 0. The first-order valence-electron chi connectivity index (χ1n) is 6.15. The number of allylic oxidation sites excluding steroid dienone is 10. The molecule has 2 N–H and O–H groups in total. The van der Waals surface area contributed by atoms with E-state index in [0.717, 1.165) is 17.0 Å². The van der Waals surface area contributed by atoms with Gasteiger partial charge in [0.2, 0.25) is 0 Å². The highest BCUT2D eigenvalue weighted by Crippen LogP contribution is 2.13. The van der Waals surface area contributed by atoms with Gasteiger partial charge >= 0.3 is 0 Å². The van der Waals surface area contributed by atoms with Gasteiger partial charge in [-0.1, -0.05) is 37.5 Å².